The second-order valence-electron chi connectivity index (χ2n) is 5.08. The third kappa shape index (κ3) is 5.89. The molecule has 7 heteroatoms. The fourth-order valence-corrected chi connectivity index (χ4v) is 2.32. The highest BCUT2D eigenvalue weighted by molar-refractivity contribution is 6.36. The highest BCUT2D eigenvalue weighted by atomic mass is 35.5. The molecule has 0 aliphatic heterocycles. The predicted molar refractivity (Wildman–Crippen MR) is 96.1 cm³/mol. The van der Waals surface area contributed by atoms with Gasteiger partial charge in [-0.3, -0.25) is 4.79 Å². The Morgan fingerprint density at radius 2 is 1.96 bits per heavy atom. The van der Waals surface area contributed by atoms with E-state index in [1.807, 2.05) is 0 Å². The van der Waals surface area contributed by atoms with Gasteiger partial charge in [-0.1, -0.05) is 35.3 Å². The molecule has 0 saturated heterocycles. The van der Waals surface area contributed by atoms with Gasteiger partial charge in [-0.2, -0.15) is 0 Å². The van der Waals surface area contributed by atoms with Crippen LogP contribution in [0.2, 0.25) is 10.0 Å². The molecule has 1 atom stereocenters. The lowest BCUT2D eigenvalue weighted by molar-refractivity contribution is -0.148. The zero-order valence-electron chi connectivity index (χ0n) is 13.1. The summed E-state index contributed by atoms with van der Waals surface area (Å²) in [7, 11) is 0. The molecule has 0 aliphatic carbocycles. The maximum atomic E-state index is 13.1. The molecule has 1 N–H and O–H groups in total. The van der Waals surface area contributed by atoms with E-state index < -0.39 is 23.8 Å². The first kappa shape index (κ1) is 19.0. The van der Waals surface area contributed by atoms with Crippen LogP contribution in [0.1, 0.15) is 12.5 Å². The van der Waals surface area contributed by atoms with Crippen molar-refractivity contribution in [3.63, 3.8) is 0 Å². The molecule has 2 aromatic carbocycles. The molecule has 4 nitrogen and oxygen atoms in total. The Balaban J connectivity index is 1.92. The van der Waals surface area contributed by atoms with Gasteiger partial charge in [0.05, 0.1) is 10.7 Å². The fraction of sp³-hybridized carbons (Fsp3) is 0.111. The highest BCUT2D eigenvalue weighted by Crippen LogP contribution is 2.25. The van der Waals surface area contributed by atoms with Crippen LogP contribution < -0.4 is 5.32 Å². The molecule has 1 amide bonds. The summed E-state index contributed by atoms with van der Waals surface area (Å²) < 4.78 is 18.0. The van der Waals surface area contributed by atoms with E-state index in [2.05, 4.69) is 5.32 Å². The standard InChI is InChI=1S/C18H14Cl2FNO3/c1-11(18(24)22-16-7-6-13(19)10-15(16)20)25-17(23)8-5-12-3-2-4-14(21)9-12/h2-11H,1H3,(H,22,24)/b8-5+/t11-/m0/s1. The number of halogens is 3. The third-order valence-electron chi connectivity index (χ3n) is 3.11. The average Bonchev–Trinajstić information content (AvgIpc) is 2.55. The Morgan fingerprint density at radius 3 is 2.64 bits per heavy atom. The molecule has 0 radical (unpaired) electrons. The molecule has 0 fully saturated rings. The zero-order valence-corrected chi connectivity index (χ0v) is 14.6. The number of rotatable bonds is 5. The largest absolute Gasteiger partial charge is 0.449 e. The second kappa shape index (κ2) is 8.65. The fourth-order valence-electron chi connectivity index (χ4n) is 1.87. The van der Waals surface area contributed by atoms with E-state index in [0.29, 0.717) is 16.3 Å². The molecule has 0 bridgehead atoms. The van der Waals surface area contributed by atoms with Gasteiger partial charge in [-0.05, 0) is 48.9 Å². The van der Waals surface area contributed by atoms with Crippen LogP contribution in [0.25, 0.3) is 6.08 Å². The van der Waals surface area contributed by atoms with E-state index in [0.717, 1.165) is 6.08 Å². The molecule has 2 aromatic rings. The smallest absolute Gasteiger partial charge is 0.331 e. The van der Waals surface area contributed by atoms with Gasteiger partial charge in [0, 0.05) is 11.1 Å². The Labute approximate surface area is 154 Å². The van der Waals surface area contributed by atoms with E-state index in [4.69, 9.17) is 27.9 Å². The van der Waals surface area contributed by atoms with Crippen LogP contribution in [-0.2, 0) is 14.3 Å². The van der Waals surface area contributed by atoms with Gasteiger partial charge in [-0.25, -0.2) is 9.18 Å². The van der Waals surface area contributed by atoms with Crippen molar-refractivity contribution in [2.75, 3.05) is 5.32 Å². The third-order valence-corrected chi connectivity index (χ3v) is 3.66. The number of nitrogens with one attached hydrogen (secondary N) is 1. The normalized spacial score (nSPS) is 12.0. The van der Waals surface area contributed by atoms with Crippen molar-refractivity contribution in [1.29, 1.82) is 0 Å². The summed E-state index contributed by atoms with van der Waals surface area (Å²) in [6, 6.07) is 10.3. The van der Waals surface area contributed by atoms with Gasteiger partial charge in [0.2, 0.25) is 0 Å². The average molecular weight is 382 g/mol. The molecule has 0 heterocycles. The summed E-state index contributed by atoms with van der Waals surface area (Å²) in [6.45, 7) is 1.42. The minimum absolute atomic E-state index is 0.269. The van der Waals surface area contributed by atoms with Gasteiger partial charge in [-0.15, -0.1) is 0 Å². The van der Waals surface area contributed by atoms with Gasteiger partial charge in [0.25, 0.3) is 5.91 Å². The lowest BCUT2D eigenvalue weighted by Gasteiger charge is -2.13. The summed E-state index contributed by atoms with van der Waals surface area (Å²) >= 11 is 11.7. The Kier molecular flexibility index (Phi) is 6.56. The molecule has 2 rings (SSSR count). The molecular weight excluding hydrogens is 368 g/mol. The van der Waals surface area contributed by atoms with Crippen LogP contribution in [-0.4, -0.2) is 18.0 Å². The van der Waals surface area contributed by atoms with Crippen molar-refractivity contribution in [2.45, 2.75) is 13.0 Å². The van der Waals surface area contributed by atoms with Crippen LogP contribution in [0, 0.1) is 5.82 Å². The highest BCUT2D eigenvalue weighted by Gasteiger charge is 2.17. The lowest BCUT2D eigenvalue weighted by atomic mass is 10.2. The molecular formula is C18H14Cl2FNO3. The number of anilines is 1. The topological polar surface area (TPSA) is 55.4 Å². The van der Waals surface area contributed by atoms with Crippen LogP contribution in [0.4, 0.5) is 10.1 Å². The Morgan fingerprint density at radius 1 is 1.20 bits per heavy atom. The Hall–Kier alpha value is -2.37. The van der Waals surface area contributed by atoms with Crippen LogP contribution in [0.15, 0.2) is 48.5 Å². The molecule has 0 aromatic heterocycles. The van der Waals surface area contributed by atoms with Crippen LogP contribution >= 0.6 is 23.2 Å². The summed E-state index contributed by atoms with van der Waals surface area (Å²) in [6.07, 6.45) is 1.47. The summed E-state index contributed by atoms with van der Waals surface area (Å²) in [5.74, 6) is -1.69. The number of carbonyl (C=O) groups excluding carboxylic acids is 2. The van der Waals surface area contributed by atoms with Gasteiger partial charge < -0.3 is 10.1 Å². The number of ether oxygens (including phenoxy) is 1. The Bertz CT molecular complexity index is 824. The molecule has 0 spiro atoms. The summed E-state index contributed by atoms with van der Waals surface area (Å²) in [5, 5.41) is 3.25. The van der Waals surface area contributed by atoms with Gasteiger partial charge in [0.1, 0.15) is 5.82 Å². The number of amides is 1. The SMILES string of the molecule is C[C@H](OC(=O)/C=C/c1cccc(F)c1)C(=O)Nc1ccc(Cl)cc1Cl. The zero-order chi connectivity index (χ0) is 18.4. The number of hydrogen-bond donors (Lipinski definition) is 1. The van der Waals surface area contributed by atoms with Gasteiger partial charge in [0.15, 0.2) is 6.10 Å². The number of esters is 1. The predicted octanol–water partition coefficient (Wildman–Crippen LogP) is 4.72. The maximum absolute atomic E-state index is 13.1. The van der Waals surface area contributed by atoms with E-state index >= 15 is 0 Å². The second-order valence-corrected chi connectivity index (χ2v) is 5.92. The van der Waals surface area contributed by atoms with Crippen molar-refractivity contribution in [2.24, 2.45) is 0 Å². The number of benzene rings is 2. The first-order valence-electron chi connectivity index (χ1n) is 7.25. The molecule has 0 unspecified atom stereocenters. The number of hydrogen-bond acceptors (Lipinski definition) is 3. The van der Waals surface area contributed by atoms with E-state index in [1.165, 1.54) is 37.3 Å². The molecule has 0 saturated carbocycles. The van der Waals surface area contributed by atoms with Crippen molar-refractivity contribution >= 4 is 46.8 Å². The minimum atomic E-state index is -1.04. The quantitative estimate of drug-likeness (QED) is 0.602. The first-order chi connectivity index (χ1) is 11.8. The van der Waals surface area contributed by atoms with E-state index in [1.54, 1.807) is 18.2 Å². The monoisotopic (exact) mass is 381 g/mol. The van der Waals surface area contributed by atoms with Crippen molar-refractivity contribution in [1.82, 2.24) is 0 Å². The van der Waals surface area contributed by atoms with Gasteiger partial charge >= 0.3 is 5.97 Å². The van der Waals surface area contributed by atoms with Crippen LogP contribution in [0.5, 0.6) is 0 Å². The van der Waals surface area contributed by atoms with Crippen molar-refractivity contribution in [3.05, 3.63) is 70.0 Å². The van der Waals surface area contributed by atoms with E-state index in [9.17, 15) is 14.0 Å². The molecule has 25 heavy (non-hydrogen) atoms. The minimum Gasteiger partial charge on any atom is -0.449 e. The first-order valence-corrected chi connectivity index (χ1v) is 8.01. The summed E-state index contributed by atoms with van der Waals surface area (Å²) in [4.78, 5) is 23.8. The molecule has 130 valence electrons. The van der Waals surface area contributed by atoms with E-state index in [-0.39, 0.29) is 5.02 Å². The lowest BCUT2D eigenvalue weighted by Crippen LogP contribution is -2.29. The maximum Gasteiger partial charge on any atom is 0.331 e. The number of carbonyl (C=O) groups is 2. The molecule has 0 aliphatic rings. The van der Waals surface area contributed by atoms with Crippen molar-refractivity contribution < 1.29 is 18.7 Å². The van der Waals surface area contributed by atoms with Crippen molar-refractivity contribution in [3.8, 4) is 0 Å². The van der Waals surface area contributed by atoms with Crippen LogP contribution in [0.3, 0.4) is 0 Å². The summed E-state index contributed by atoms with van der Waals surface area (Å²) in [5.41, 5.74) is 0.858.